The Hall–Kier alpha value is -3.92. The number of rotatable bonds is 6. The summed E-state index contributed by atoms with van der Waals surface area (Å²) in [6.07, 6.45) is 5.06. The normalized spacial score (nSPS) is 11.5. The summed E-state index contributed by atoms with van der Waals surface area (Å²) >= 11 is 0. The quantitative estimate of drug-likeness (QED) is 0.250. The standard InChI is InChI=1S/C27H24N2O2/c1-21-25(18-19-26(30)31-2)29(20-28-21)27(22-12-6-3-7-13-22,23-14-8-4-9-15-23)24-16-10-5-11-17-24/h3-20H,1-2H3/b19-18+. The van der Waals surface area contributed by atoms with Crippen LogP contribution in [-0.4, -0.2) is 22.6 Å². The average Bonchev–Trinajstić information content (AvgIpc) is 3.20. The van der Waals surface area contributed by atoms with Crippen molar-refractivity contribution in [3.8, 4) is 0 Å². The van der Waals surface area contributed by atoms with Gasteiger partial charge in [-0.05, 0) is 29.7 Å². The molecular weight excluding hydrogens is 384 g/mol. The van der Waals surface area contributed by atoms with E-state index in [-0.39, 0.29) is 0 Å². The Morgan fingerprint density at radius 2 is 1.29 bits per heavy atom. The first-order valence-electron chi connectivity index (χ1n) is 10.1. The first kappa shape index (κ1) is 20.4. The molecule has 0 saturated heterocycles. The van der Waals surface area contributed by atoms with Crippen LogP contribution in [0.5, 0.6) is 0 Å². The fourth-order valence-electron chi connectivity index (χ4n) is 4.09. The number of imidazole rings is 1. The molecule has 4 nitrogen and oxygen atoms in total. The average molecular weight is 409 g/mol. The van der Waals surface area contributed by atoms with E-state index in [0.29, 0.717) is 0 Å². The maximum absolute atomic E-state index is 11.9. The van der Waals surface area contributed by atoms with Crippen molar-refractivity contribution in [3.05, 3.63) is 131 Å². The number of hydrogen-bond acceptors (Lipinski definition) is 3. The minimum Gasteiger partial charge on any atom is -0.466 e. The predicted molar refractivity (Wildman–Crippen MR) is 123 cm³/mol. The summed E-state index contributed by atoms with van der Waals surface area (Å²) in [6.45, 7) is 1.94. The molecule has 4 heteroatoms. The maximum Gasteiger partial charge on any atom is 0.330 e. The molecule has 0 amide bonds. The Bertz CT molecular complexity index is 1080. The largest absolute Gasteiger partial charge is 0.466 e. The lowest BCUT2D eigenvalue weighted by Gasteiger charge is -2.38. The van der Waals surface area contributed by atoms with Crippen molar-refractivity contribution in [2.75, 3.05) is 7.11 Å². The monoisotopic (exact) mass is 408 g/mol. The van der Waals surface area contributed by atoms with E-state index in [1.165, 1.54) is 13.2 Å². The molecule has 0 N–H and O–H groups in total. The fraction of sp³-hybridized carbons (Fsp3) is 0.111. The second-order valence-electron chi connectivity index (χ2n) is 7.25. The summed E-state index contributed by atoms with van der Waals surface area (Å²) in [5, 5.41) is 0. The molecule has 0 unspecified atom stereocenters. The lowest BCUT2D eigenvalue weighted by atomic mass is 9.76. The number of carbonyl (C=O) groups excluding carboxylic acids is 1. The van der Waals surface area contributed by atoms with Crippen LogP contribution in [0.15, 0.2) is 103 Å². The second kappa shape index (κ2) is 8.84. The van der Waals surface area contributed by atoms with Crippen molar-refractivity contribution >= 4 is 12.0 Å². The zero-order valence-corrected chi connectivity index (χ0v) is 17.6. The molecule has 154 valence electrons. The number of methoxy groups -OCH3 is 1. The number of carbonyl (C=O) groups is 1. The molecule has 0 spiro atoms. The van der Waals surface area contributed by atoms with Crippen molar-refractivity contribution < 1.29 is 9.53 Å². The van der Waals surface area contributed by atoms with Gasteiger partial charge >= 0.3 is 5.97 Å². The summed E-state index contributed by atoms with van der Waals surface area (Å²) in [5.74, 6) is -0.406. The Labute approximate surface area is 182 Å². The Balaban J connectivity index is 2.10. The highest BCUT2D eigenvalue weighted by molar-refractivity contribution is 5.86. The summed E-state index contributed by atoms with van der Waals surface area (Å²) in [7, 11) is 1.37. The van der Waals surface area contributed by atoms with Gasteiger partial charge in [-0.15, -0.1) is 0 Å². The molecule has 31 heavy (non-hydrogen) atoms. The van der Waals surface area contributed by atoms with Crippen molar-refractivity contribution in [2.24, 2.45) is 0 Å². The molecule has 0 radical (unpaired) electrons. The van der Waals surface area contributed by atoms with Gasteiger partial charge < -0.3 is 9.30 Å². The number of hydrogen-bond donors (Lipinski definition) is 0. The molecule has 0 saturated carbocycles. The lowest BCUT2D eigenvalue weighted by molar-refractivity contribution is -0.134. The minimum absolute atomic E-state index is 0.406. The molecular formula is C27H24N2O2. The minimum atomic E-state index is -0.680. The van der Waals surface area contributed by atoms with Crippen LogP contribution in [0.25, 0.3) is 6.08 Å². The Kier molecular flexibility index (Phi) is 5.80. The van der Waals surface area contributed by atoms with Gasteiger partial charge in [-0.25, -0.2) is 9.78 Å². The summed E-state index contributed by atoms with van der Waals surface area (Å²) in [6, 6.07) is 31.1. The molecule has 0 aliphatic carbocycles. The van der Waals surface area contributed by atoms with Crippen molar-refractivity contribution in [2.45, 2.75) is 12.5 Å². The molecule has 1 aromatic heterocycles. The van der Waals surface area contributed by atoms with Crippen LogP contribution in [0, 0.1) is 6.92 Å². The predicted octanol–water partition coefficient (Wildman–Crippen LogP) is 5.22. The van der Waals surface area contributed by atoms with Gasteiger partial charge in [0.25, 0.3) is 0 Å². The van der Waals surface area contributed by atoms with Gasteiger partial charge in [0.05, 0.1) is 24.8 Å². The molecule has 0 aliphatic rings. The SMILES string of the molecule is COC(=O)/C=C/c1c(C)ncn1C(c1ccccc1)(c1ccccc1)c1ccccc1. The smallest absolute Gasteiger partial charge is 0.330 e. The van der Waals surface area contributed by atoms with Crippen molar-refractivity contribution in [1.82, 2.24) is 9.55 Å². The zero-order valence-electron chi connectivity index (χ0n) is 17.6. The van der Waals surface area contributed by atoms with Gasteiger partial charge in [-0.2, -0.15) is 0 Å². The van der Waals surface area contributed by atoms with Crippen LogP contribution in [0.4, 0.5) is 0 Å². The number of aryl methyl sites for hydroxylation is 1. The highest BCUT2D eigenvalue weighted by Gasteiger charge is 2.39. The van der Waals surface area contributed by atoms with E-state index in [1.807, 2.05) is 67.8 Å². The third-order valence-corrected chi connectivity index (χ3v) is 5.51. The van der Waals surface area contributed by atoms with Crippen molar-refractivity contribution in [1.29, 1.82) is 0 Å². The summed E-state index contributed by atoms with van der Waals surface area (Å²) < 4.78 is 6.95. The molecule has 4 rings (SSSR count). The Morgan fingerprint density at radius 3 is 1.71 bits per heavy atom. The van der Waals surface area contributed by atoms with Crippen LogP contribution in [-0.2, 0) is 15.1 Å². The van der Waals surface area contributed by atoms with Gasteiger partial charge in [-0.3, -0.25) is 0 Å². The van der Waals surface area contributed by atoms with Crippen LogP contribution in [0.1, 0.15) is 28.1 Å². The van der Waals surface area contributed by atoms with Crippen LogP contribution < -0.4 is 0 Å². The molecule has 3 aromatic carbocycles. The van der Waals surface area contributed by atoms with E-state index < -0.39 is 11.5 Å². The van der Waals surface area contributed by atoms with Gasteiger partial charge in [0.15, 0.2) is 0 Å². The van der Waals surface area contributed by atoms with E-state index in [4.69, 9.17) is 4.74 Å². The maximum atomic E-state index is 11.9. The summed E-state index contributed by atoms with van der Waals surface area (Å²) in [5.41, 5.74) is 4.27. The van der Waals surface area contributed by atoms with E-state index in [2.05, 4.69) is 45.9 Å². The van der Waals surface area contributed by atoms with E-state index >= 15 is 0 Å². The molecule has 0 atom stereocenters. The first-order valence-corrected chi connectivity index (χ1v) is 10.1. The van der Waals surface area contributed by atoms with Gasteiger partial charge in [0.1, 0.15) is 5.54 Å². The highest BCUT2D eigenvalue weighted by Crippen LogP contribution is 2.42. The van der Waals surface area contributed by atoms with Crippen LogP contribution in [0.3, 0.4) is 0 Å². The van der Waals surface area contributed by atoms with E-state index in [0.717, 1.165) is 28.1 Å². The van der Waals surface area contributed by atoms with E-state index in [9.17, 15) is 4.79 Å². The molecule has 1 heterocycles. The number of esters is 1. The van der Waals surface area contributed by atoms with E-state index in [1.54, 1.807) is 6.08 Å². The fourth-order valence-corrected chi connectivity index (χ4v) is 4.09. The van der Waals surface area contributed by atoms with Gasteiger partial charge in [-0.1, -0.05) is 91.0 Å². The van der Waals surface area contributed by atoms with Gasteiger partial charge in [0, 0.05) is 6.08 Å². The number of benzene rings is 3. The zero-order chi connectivity index (χ0) is 21.7. The summed E-state index contributed by atoms with van der Waals surface area (Å²) in [4.78, 5) is 16.5. The molecule has 4 aromatic rings. The molecule has 0 fully saturated rings. The second-order valence-corrected chi connectivity index (χ2v) is 7.25. The van der Waals surface area contributed by atoms with Crippen LogP contribution >= 0.6 is 0 Å². The highest BCUT2D eigenvalue weighted by atomic mass is 16.5. The topological polar surface area (TPSA) is 44.1 Å². The van der Waals surface area contributed by atoms with Gasteiger partial charge in [0.2, 0.25) is 0 Å². The lowest BCUT2D eigenvalue weighted by Crippen LogP contribution is -2.38. The molecule has 0 aliphatic heterocycles. The third-order valence-electron chi connectivity index (χ3n) is 5.51. The van der Waals surface area contributed by atoms with Crippen LogP contribution in [0.2, 0.25) is 0 Å². The van der Waals surface area contributed by atoms with Crippen molar-refractivity contribution in [3.63, 3.8) is 0 Å². The molecule has 0 bridgehead atoms. The number of nitrogens with zero attached hydrogens (tertiary/aromatic N) is 2. The first-order chi connectivity index (χ1) is 15.2. The number of ether oxygens (including phenoxy) is 1. The number of aromatic nitrogens is 2. The third kappa shape index (κ3) is 3.68. The Morgan fingerprint density at radius 1 is 0.839 bits per heavy atom.